The summed E-state index contributed by atoms with van der Waals surface area (Å²) in [6, 6.07) is 2.31. The molecule has 0 radical (unpaired) electrons. The van der Waals surface area contributed by atoms with Crippen LogP contribution >= 0.6 is 0 Å². The molecule has 1 aromatic heterocycles. The molecular weight excluding hydrogens is 412 g/mol. The first-order valence-corrected chi connectivity index (χ1v) is 13.1. The third kappa shape index (κ3) is 3.54. The number of carbonyl (C=O) groups is 1. The van der Waals surface area contributed by atoms with Crippen molar-refractivity contribution in [2.45, 2.75) is 88.3 Å². The number of hydrogen-bond acceptors (Lipinski definition) is 4. The van der Waals surface area contributed by atoms with E-state index in [2.05, 4.69) is 4.90 Å². The molecule has 1 aromatic rings. The topological polar surface area (TPSA) is 56.9 Å². The predicted molar refractivity (Wildman–Crippen MR) is 128 cm³/mol. The Bertz CT molecular complexity index is 962. The minimum Gasteiger partial charge on any atom is -0.472 e. The van der Waals surface area contributed by atoms with Gasteiger partial charge >= 0.3 is 0 Å². The van der Waals surface area contributed by atoms with Crippen LogP contribution in [0, 0.1) is 11.3 Å². The van der Waals surface area contributed by atoms with Gasteiger partial charge in [0.1, 0.15) is 0 Å². The second-order valence-electron chi connectivity index (χ2n) is 11.4. The van der Waals surface area contributed by atoms with E-state index in [0.29, 0.717) is 0 Å². The maximum atomic E-state index is 13.0. The monoisotopic (exact) mass is 450 g/mol. The van der Waals surface area contributed by atoms with E-state index in [9.17, 15) is 9.90 Å². The summed E-state index contributed by atoms with van der Waals surface area (Å²) >= 11 is 0. The lowest BCUT2D eigenvalue weighted by Gasteiger charge is -2.66. The number of aliphatic hydroxyl groups is 1. The molecule has 1 amide bonds. The lowest BCUT2D eigenvalue weighted by Crippen LogP contribution is -2.72. The Labute approximate surface area is 197 Å². The zero-order chi connectivity index (χ0) is 22.6. The number of amides is 1. The Morgan fingerprint density at radius 3 is 2.91 bits per heavy atom. The van der Waals surface area contributed by atoms with Crippen LogP contribution in [0.2, 0.25) is 0 Å². The van der Waals surface area contributed by atoms with Gasteiger partial charge in [-0.1, -0.05) is 11.1 Å². The summed E-state index contributed by atoms with van der Waals surface area (Å²) in [4.78, 5) is 17.6. The lowest BCUT2D eigenvalue weighted by molar-refractivity contribution is -0.198. The second kappa shape index (κ2) is 8.13. The van der Waals surface area contributed by atoms with Gasteiger partial charge in [-0.2, -0.15) is 0 Å². The number of hydrogen-bond donors (Lipinski definition) is 1. The van der Waals surface area contributed by atoms with Gasteiger partial charge in [0.25, 0.3) is 0 Å². The smallest absolute Gasteiger partial charge is 0.246 e. The maximum Gasteiger partial charge on any atom is 0.246 e. The number of rotatable bonds is 5. The van der Waals surface area contributed by atoms with E-state index < -0.39 is 5.60 Å². The molecule has 0 aromatic carbocycles. The van der Waals surface area contributed by atoms with E-state index in [0.717, 1.165) is 56.6 Å². The summed E-state index contributed by atoms with van der Waals surface area (Å²) in [5.74, 6) is 0.893. The number of piperidine rings is 1. The first kappa shape index (κ1) is 21.7. The second-order valence-corrected chi connectivity index (χ2v) is 11.4. The molecule has 5 aliphatic rings. The van der Waals surface area contributed by atoms with Crippen molar-refractivity contribution in [1.29, 1.82) is 0 Å². The Kier molecular flexibility index (Phi) is 5.34. The van der Waals surface area contributed by atoms with Crippen LogP contribution in [0.15, 0.2) is 40.2 Å². The fourth-order valence-electron chi connectivity index (χ4n) is 7.76. The Balaban J connectivity index is 1.28. The average molecular weight is 451 g/mol. The van der Waals surface area contributed by atoms with Crippen LogP contribution in [0.5, 0.6) is 0 Å². The summed E-state index contributed by atoms with van der Waals surface area (Å²) in [6.07, 6.45) is 19.1. The minimum absolute atomic E-state index is 0.0411. The van der Waals surface area contributed by atoms with Crippen molar-refractivity contribution in [3.63, 3.8) is 0 Å². The van der Waals surface area contributed by atoms with Gasteiger partial charge in [-0.25, -0.2) is 0 Å². The van der Waals surface area contributed by atoms with Crippen molar-refractivity contribution >= 4 is 12.0 Å². The highest BCUT2D eigenvalue weighted by molar-refractivity contribution is 5.91. The fourth-order valence-corrected chi connectivity index (χ4v) is 7.76. The third-order valence-electron chi connectivity index (χ3n) is 9.74. The molecule has 33 heavy (non-hydrogen) atoms. The molecule has 6 rings (SSSR count). The molecule has 4 atom stereocenters. The molecule has 5 heteroatoms. The highest BCUT2D eigenvalue weighted by Gasteiger charge is 2.65. The Morgan fingerprint density at radius 1 is 1.27 bits per heavy atom. The van der Waals surface area contributed by atoms with E-state index >= 15 is 0 Å². The maximum absolute atomic E-state index is 13.0. The number of likely N-dealkylation sites (tertiary alicyclic amines) is 1. The van der Waals surface area contributed by atoms with Crippen LogP contribution in [0.4, 0.5) is 0 Å². The minimum atomic E-state index is -0.636. The van der Waals surface area contributed by atoms with Crippen LogP contribution in [0.3, 0.4) is 0 Å². The Hall–Kier alpha value is -1.85. The van der Waals surface area contributed by atoms with Crippen LogP contribution in [-0.4, -0.2) is 58.6 Å². The molecule has 1 aliphatic heterocycles. The molecular formula is C28H38N2O3. The average Bonchev–Trinajstić information content (AvgIpc) is 3.49. The fraction of sp³-hybridized carbons (Fsp3) is 0.679. The first-order valence-electron chi connectivity index (χ1n) is 13.1. The van der Waals surface area contributed by atoms with Gasteiger partial charge in [0.05, 0.1) is 18.1 Å². The van der Waals surface area contributed by atoms with E-state index in [1.165, 1.54) is 38.6 Å². The number of furan rings is 1. The largest absolute Gasteiger partial charge is 0.472 e. The van der Waals surface area contributed by atoms with E-state index in [1.54, 1.807) is 29.7 Å². The molecule has 1 N–H and O–H groups in total. The molecule has 5 nitrogen and oxygen atoms in total. The van der Waals surface area contributed by atoms with Gasteiger partial charge < -0.3 is 14.4 Å². The molecule has 2 heterocycles. The normalized spacial score (nSPS) is 36.5. The highest BCUT2D eigenvalue weighted by atomic mass is 16.3. The van der Waals surface area contributed by atoms with Crippen LogP contribution in [0.1, 0.15) is 76.2 Å². The molecule has 1 saturated heterocycles. The SMILES string of the molecule is CN(C(=O)/C=C/c1ccoc1)[C@@H]1CC[C@@]2(O)[C@@H]3CC4=C(CCCC4)[C@@]2(CCN3CC2CC2)C1. The molecule has 2 saturated carbocycles. The van der Waals surface area contributed by atoms with Crippen LogP contribution in [0.25, 0.3) is 6.08 Å². The number of likely N-dealkylation sites (N-methyl/N-ethyl adjacent to an activating group) is 1. The third-order valence-corrected chi connectivity index (χ3v) is 9.74. The van der Waals surface area contributed by atoms with Crippen LogP contribution in [-0.2, 0) is 4.79 Å². The van der Waals surface area contributed by atoms with Crippen molar-refractivity contribution in [2.75, 3.05) is 20.1 Å². The van der Waals surface area contributed by atoms with Crippen molar-refractivity contribution in [3.8, 4) is 0 Å². The number of carbonyl (C=O) groups excluding carboxylic acids is 1. The molecule has 2 bridgehead atoms. The molecule has 4 aliphatic carbocycles. The van der Waals surface area contributed by atoms with Gasteiger partial charge in [0, 0.05) is 42.7 Å². The summed E-state index contributed by atoms with van der Waals surface area (Å²) in [7, 11) is 1.95. The molecule has 0 unspecified atom stereocenters. The zero-order valence-corrected chi connectivity index (χ0v) is 20.0. The van der Waals surface area contributed by atoms with E-state index in [1.807, 2.05) is 24.1 Å². The van der Waals surface area contributed by atoms with Crippen molar-refractivity contribution in [2.24, 2.45) is 11.3 Å². The molecule has 3 fully saturated rings. The molecule has 0 spiro atoms. The standard InChI is InChI=1S/C28H38N2O3/c1-29(26(31)9-8-21-11-15-33-19-21)23-10-12-28(32)25-16-22-4-2-3-5-24(22)27(28,17-23)13-14-30(25)18-20-6-7-20/h8-9,11,15,19-20,23,25,32H,2-7,10,12-14,16-18H2,1H3/b9-8+/t23-,25+,27-,28-/m1/s1. The predicted octanol–water partition coefficient (Wildman–Crippen LogP) is 4.78. The first-order chi connectivity index (χ1) is 16.0. The highest BCUT2D eigenvalue weighted by Crippen LogP contribution is 2.63. The Morgan fingerprint density at radius 2 is 2.12 bits per heavy atom. The van der Waals surface area contributed by atoms with Gasteiger partial charge in [0.15, 0.2) is 0 Å². The van der Waals surface area contributed by atoms with Gasteiger partial charge in [-0.3, -0.25) is 9.69 Å². The quantitative estimate of drug-likeness (QED) is 0.518. The number of nitrogens with zero attached hydrogens (tertiary/aromatic N) is 2. The lowest BCUT2D eigenvalue weighted by atomic mass is 9.47. The van der Waals surface area contributed by atoms with Crippen molar-refractivity contribution < 1.29 is 14.3 Å². The summed E-state index contributed by atoms with van der Waals surface area (Å²) < 4.78 is 5.11. The van der Waals surface area contributed by atoms with Gasteiger partial charge in [-0.15, -0.1) is 0 Å². The van der Waals surface area contributed by atoms with Crippen molar-refractivity contribution in [3.05, 3.63) is 41.4 Å². The summed E-state index contributed by atoms with van der Waals surface area (Å²) in [6.45, 7) is 2.28. The van der Waals surface area contributed by atoms with Crippen LogP contribution < -0.4 is 0 Å². The zero-order valence-electron chi connectivity index (χ0n) is 20.0. The summed E-state index contributed by atoms with van der Waals surface area (Å²) in [5.41, 5.74) is 3.38. The van der Waals surface area contributed by atoms with Crippen molar-refractivity contribution in [1.82, 2.24) is 9.80 Å². The molecule has 178 valence electrons. The summed E-state index contributed by atoms with van der Waals surface area (Å²) in [5, 5.41) is 12.5. The van der Waals surface area contributed by atoms with E-state index in [4.69, 9.17) is 4.42 Å². The van der Waals surface area contributed by atoms with E-state index in [-0.39, 0.29) is 23.4 Å². The van der Waals surface area contributed by atoms with Gasteiger partial charge in [-0.05, 0) is 95.2 Å². The van der Waals surface area contributed by atoms with Gasteiger partial charge in [0.2, 0.25) is 5.91 Å².